The standard InChI is InChI=1S/C34H54O8/c1-20(7-6-14-32(3,4)42-21(2)36)25-10-11-26-24-9-8-22-17-23(41-31-30(39)29(38)28(37)18-40-31)12-16-34(22,19-35)27(24)13-15-33(25,26)5/h6,8,14,20,23-31,35,37-39H,7,9-13,15-19H2,1-5H3. The maximum Gasteiger partial charge on any atom is 0.303 e. The van der Waals surface area contributed by atoms with Gasteiger partial charge in [-0.25, -0.2) is 0 Å². The van der Waals surface area contributed by atoms with Gasteiger partial charge in [-0.1, -0.05) is 31.6 Å². The molecule has 4 fully saturated rings. The molecule has 8 heteroatoms. The molecule has 42 heavy (non-hydrogen) atoms. The molecule has 0 radical (unpaired) electrons. The lowest BCUT2D eigenvalue weighted by Crippen LogP contribution is -2.56. The normalized spacial score (nSPS) is 44.6. The quantitative estimate of drug-likeness (QED) is 0.244. The molecule has 5 rings (SSSR count). The molecule has 0 aromatic rings. The fourth-order valence-electron chi connectivity index (χ4n) is 10.0. The van der Waals surface area contributed by atoms with Gasteiger partial charge in [0.05, 0.1) is 19.3 Å². The van der Waals surface area contributed by atoms with E-state index in [0.29, 0.717) is 41.4 Å². The number of rotatable bonds is 8. The highest BCUT2D eigenvalue weighted by Crippen LogP contribution is 2.67. The van der Waals surface area contributed by atoms with Gasteiger partial charge in [-0.15, -0.1) is 0 Å². The Balaban J connectivity index is 1.25. The van der Waals surface area contributed by atoms with Crippen LogP contribution in [0.1, 0.15) is 92.4 Å². The predicted molar refractivity (Wildman–Crippen MR) is 158 cm³/mol. The summed E-state index contributed by atoms with van der Waals surface area (Å²) in [6.07, 6.45) is 11.0. The van der Waals surface area contributed by atoms with Gasteiger partial charge in [0, 0.05) is 12.3 Å². The third-order valence-corrected chi connectivity index (χ3v) is 12.0. The lowest BCUT2D eigenvalue weighted by atomic mass is 9.46. The van der Waals surface area contributed by atoms with Gasteiger partial charge in [0.15, 0.2) is 6.29 Å². The van der Waals surface area contributed by atoms with Crippen molar-refractivity contribution >= 4 is 5.97 Å². The molecule has 12 atom stereocenters. The molecular formula is C34H54O8. The summed E-state index contributed by atoms with van der Waals surface area (Å²) in [5.74, 6) is 2.64. The molecule has 0 amide bonds. The summed E-state index contributed by atoms with van der Waals surface area (Å²) in [5, 5.41) is 41.2. The fraction of sp³-hybridized carbons (Fsp3) is 0.853. The molecule has 1 aliphatic heterocycles. The molecule has 0 aromatic heterocycles. The molecular weight excluding hydrogens is 536 g/mol. The van der Waals surface area contributed by atoms with E-state index in [1.54, 1.807) is 0 Å². The van der Waals surface area contributed by atoms with E-state index < -0.39 is 30.2 Å². The van der Waals surface area contributed by atoms with Crippen molar-refractivity contribution in [2.45, 2.75) is 129 Å². The number of aliphatic hydroxyl groups is 4. The second kappa shape index (κ2) is 12.2. The highest BCUT2D eigenvalue weighted by molar-refractivity contribution is 5.66. The smallest absolute Gasteiger partial charge is 0.303 e. The van der Waals surface area contributed by atoms with E-state index in [1.165, 1.54) is 31.8 Å². The average Bonchev–Trinajstić information content (AvgIpc) is 3.29. The van der Waals surface area contributed by atoms with E-state index >= 15 is 0 Å². The van der Waals surface area contributed by atoms with Crippen LogP contribution in [0.15, 0.2) is 23.8 Å². The fourth-order valence-corrected chi connectivity index (χ4v) is 10.0. The van der Waals surface area contributed by atoms with Crippen molar-refractivity contribution in [2.75, 3.05) is 13.2 Å². The van der Waals surface area contributed by atoms with Crippen molar-refractivity contribution < 1.29 is 39.4 Å². The second-order valence-electron chi connectivity index (χ2n) is 14.9. The monoisotopic (exact) mass is 590 g/mol. The summed E-state index contributed by atoms with van der Waals surface area (Å²) >= 11 is 0. The first-order chi connectivity index (χ1) is 19.8. The summed E-state index contributed by atoms with van der Waals surface area (Å²) < 4.78 is 17.1. The van der Waals surface area contributed by atoms with Crippen LogP contribution < -0.4 is 0 Å². The van der Waals surface area contributed by atoms with Crippen LogP contribution in [0.25, 0.3) is 0 Å². The third kappa shape index (κ3) is 5.89. The van der Waals surface area contributed by atoms with Gasteiger partial charge in [0.2, 0.25) is 0 Å². The molecule has 4 N–H and O–H groups in total. The van der Waals surface area contributed by atoms with Crippen molar-refractivity contribution in [3.63, 3.8) is 0 Å². The number of allylic oxidation sites excluding steroid dienone is 2. The van der Waals surface area contributed by atoms with Gasteiger partial charge >= 0.3 is 5.97 Å². The summed E-state index contributed by atoms with van der Waals surface area (Å²) in [6.45, 7) is 10.3. The van der Waals surface area contributed by atoms with Gasteiger partial charge < -0.3 is 34.6 Å². The molecule has 12 unspecified atom stereocenters. The minimum Gasteiger partial charge on any atom is -0.456 e. The van der Waals surface area contributed by atoms with Crippen LogP contribution in [0.3, 0.4) is 0 Å². The van der Waals surface area contributed by atoms with Gasteiger partial charge in [0.25, 0.3) is 0 Å². The van der Waals surface area contributed by atoms with Crippen LogP contribution in [-0.2, 0) is 19.0 Å². The molecule has 0 spiro atoms. The van der Waals surface area contributed by atoms with Gasteiger partial charge in [-0.3, -0.25) is 4.79 Å². The molecule has 1 saturated heterocycles. The molecule has 4 aliphatic carbocycles. The Morgan fingerprint density at radius 1 is 1.14 bits per heavy atom. The van der Waals surface area contributed by atoms with Crippen molar-refractivity contribution in [3.8, 4) is 0 Å². The SMILES string of the molecule is CC(=O)OC(C)(C)C=CCC(C)C1CCC2C3CC=C4CC(OC5OCC(O)C(O)C5O)CCC4(CO)C3CCC12C. The Labute approximate surface area is 251 Å². The van der Waals surface area contributed by atoms with E-state index in [0.717, 1.165) is 32.1 Å². The first-order valence-electron chi connectivity index (χ1n) is 16.3. The predicted octanol–water partition coefficient (Wildman–Crippen LogP) is 4.29. The number of aliphatic hydroxyl groups excluding tert-OH is 4. The summed E-state index contributed by atoms with van der Waals surface area (Å²) in [6, 6.07) is 0. The van der Waals surface area contributed by atoms with E-state index in [1.807, 2.05) is 19.9 Å². The molecule has 1 heterocycles. The van der Waals surface area contributed by atoms with Crippen molar-refractivity contribution in [3.05, 3.63) is 23.8 Å². The largest absolute Gasteiger partial charge is 0.456 e. The van der Waals surface area contributed by atoms with Crippen LogP contribution in [0.2, 0.25) is 0 Å². The molecule has 5 aliphatic rings. The van der Waals surface area contributed by atoms with Gasteiger partial charge in [-0.05, 0) is 113 Å². The van der Waals surface area contributed by atoms with E-state index in [2.05, 4.69) is 26.0 Å². The molecule has 0 aromatic carbocycles. The average molecular weight is 591 g/mol. The van der Waals surface area contributed by atoms with E-state index in [9.17, 15) is 25.2 Å². The minimum absolute atomic E-state index is 0.0645. The highest BCUT2D eigenvalue weighted by atomic mass is 16.7. The van der Waals surface area contributed by atoms with Crippen molar-refractivity contribution in [1.82, 2.24) is 0 Å². The number of carbonyl (C=O) groups excluding carboxylic acids is 1. The van der Waals surface area contributed by atoms with Crippen LogP contribution >= 0.6 is 0 Å². The Morgan fingerprint density at radius 3 is 2.62 bits per heavy atom. The number of hydrogen-bond donors (Lipinski definition) is 4. The number of esters is 1. The van der Waals surface area contributed by atoms with Crippen LogP contribution in [0.4, 0.5) is 0 Å². The van der Waals surface area contributed by atoms with Crippen LogP contribution in [-0.4, -0.2) is 75.9 Å². The summed E-state index contributed by atoms with van der Waals surface area (Å²) in [7, 11) is 0. The first kappa shape index (κ1) is 32.1. The molecule has 3 saturated carbocycles. The zero-order chi connectivity index (χ0) is 30.4. The third-order valence-electron chi connectivity index (χ3n) is 12.0. The van der Waals surface area contributed by atoms with Crippen LogP contribution in [0, 0.1) is 40.4 Å². The zero-order valence-electron chi connectivity index (χ0n) is 26.2. The lowest BCUT2D eigenvalue weighted by molar-refractivity contribution is -0.285. The van der Waals surface area contributed by atoms with E-state index in [-0.39, 0.29) is 30.7 Å². The second-order valence-corrected chi connectivity index (χ2v) is 14.9. The van der Waals surface area contributed by atoms with Crippen molar-refractivity contribution in [1.29, 1.82) is 0 Å². The van der Waals surface area contributed by atoms with Crippen LogP contribution in [0.5, 0.6) is 0 Å². The molecule has 0 bridgehead atoms. The first-order valence-corrected chi connectivity index (χ1v) is 16.3. The van der Waals surface area contributed by atoms with Gasteiger partial charge in [0.1, 0.15) is 23.9 Å². The van der Waals surface area contributed by atoms with Crippen molar-refractivity contribution in [2.24, 2.45) is 40.4 Å². The number of carbonyl (C=O) groups is 1. The number of hydrogen-bond acceptors (Lipinski definition) is 8. The number of ether oxygens (including phenoxy) is 3. The maximum atomic E-state index is 11.4. The van der Waals surface area contributed by atoms with Gasteiger partial charge in [-0.2, -0.15) is 0 Å². The zero-order valence-corrected chi connectivity index (χ0v) is 26.2. The molecule has 238 valence electrons. The Morgan fingerprint density at radius 2 is 1.90 bits per heavy atom. The topological polar surface area (TPSA) is 126 Å². The highest BCUT2D eigenvalue weighted by Gasteiger charge is 2.60. The Hall–Kier alpha value is -1.29. The minimum atomic E-state index is -1.28. The molecule has 8 nitrogen and oxygen atoms in total. The van der Waals surface area contributed by atoms with E-state index in [4.69, 9.17) is 14.2 Å². The lowest BCUT2D eigenvalue weighted by Gasteiger charge is -2.59. The Kier molecular flexibility index (Phi) is 9.36. The summed E-state index contributed by atoms with van der Waals surface area (Å²) in [5.41, 5.74) is 0.788. The Bertz CT molecular complexity index is 1040. The number of fused-ring (bicyclic) bond motifs is 5. The summed E-state index contributed by atoms with van der Waals surface area (Å²) in [4.78, 5) is 11.4. The maximum absolute atomic E-state index is 11.4.